The van der Waals surface area contributed by atoms with E-state index in [4.69, 9.17) is 16.6 Å². The largest absolute Gasteiger partial charge is 0.467 e. The van der Waals surface area contributed by atoms with Crippen molar-refractivity contribution in [3.05, 3.63) is 77.7 Å². The van der Waals surface area contributed by atoms with Gasteiger partial charge in [0, 0.05) is 35.1 Å². The number of amides is 2. The van der Waals surface area contributed by atoms with Crippen LogP contribution in [0.3, 0.4) is 0 Å². The van der Waals surface area contributed by atoms with E-state index in [2.05, 4.69) is 10.6 Å². The lowest BCUT2D eigenvalue weighted by atomic mass is 9.89. The van der Waals surface area contributed by atoms with Crippen LogP contribution in [0.15, 0.2) is 65.3 Å². The van der Waals surface area contributed by atoms with Gasteiger partial charge >= 0.3 is 0 Å². The molecular weight excluding hydrogens is 448 g/mol. The van der Waals surface area contributed by atoms with Crippen LogP contribution >= 0.6 is 12.2 Å². The summed E-state index contributed by atoms with van der Waals surface area (Å²) in [5.74, 6) is 0.216. The molecule has 1 aliphatic heterocycles. The van der Waals surface area contributed by atoms with Crippen LogP contribution < -0.4 is 10.6 Å². The number of thiocarbonyl (C=S) groups is 1. The van der Waals surface area contributed by atoms with Gasteiger partial charge in [0.15, 0.2) is 5.11 Å². The van der Waals surface area contributed by atoms with Gasteiger partial charge in [-0.15, -0.1) is 0 Å². The number of carbonyl (C=O) groups is 2. The van der Waals surface area contributed by atoms with Crippen LogP contribution in [0, 0.1) is 0 Å². The molecule has 3 aromatic carbocycles. The molecule has 0 radical (unpaired) electrons. The molecule has 0 spiro atoms. The maximum absolute atomic E-state index is 13.8. The summed E-state index contributed by atoms with van der Waals surface area (Å²) in [6.45, 7) is 1.34. The van der Waals surface area contributed by atoms with Gasteiger partial charge in [0.25, 0.3) is 11.8 Å². The number of anilines is 1. The highest BCUT2D eigenvalue weighted by atomic mass is 32.1. The number of imide groups is 1. The second-order valence-corrected chi connectivity index (χ2v) is 8.92. The van der Waals surface area contributed by atoms with Crippen molar-refractivity contribution in [2.75, 3.05) is 32.5 Å². The summed E-state index contributed by atoms with van der Waals surface area (Å²) in [7, 11) is 3.84. The van der Waals surface area contributed by atoms with Crippen LogP contribution in [-0.2, 0) is 6.54 Å². The molecule has 0 saturated heterocycles. The minimum atomic E-state index is -0.287. The van der Waals surface area contributed by atoms with E-state index < -0.39 is 0 Å². The number of carbonyl (C=O) groups excluding carboxylic acids is 2. The van der Waals surface area contributed by atoms with Crippen LogP contribution in [0.2, 0.25) is 0 Å². The van der Waals surface area contributed by atoms with E-state index in [9.17, 15) is 9.59 Å². The minimum absolute atomic E-state index is 0.259. The molecule has 1 aromatic heterocycles. The minimum Gasteiger partial charge on any atom is -0.467 e. The number of benzene rings is 3. The molecule has 2 N–H and O–H groups in total. The Bertz CT molecular complexity index is 1430. The lowest BCUT2D eigenvalue weighted by Crippen LogP contribution is -2.43. The van der Waals surface area contributed by atoms with E-state index in [1.54, 1.807) is 12.3 Å². The van der Waals surface area contributed by atoms with E-state index >= 15 is 0 Å². The van der Waals surface area contributed by atoms with E-state index in [0.29, 0.717) is 46.9 Å². The molecule has 0 bridgehead atoms. The molecule has 0 fully saturated rings. The van der Waals surface area contributed by atoms with Gasteiger partial charge in [0.1, 0.15) is 5.76 Å². The third-order valence-corrected chi connectivity index (χ3v) is 6.21. The summed E-state index contributed by atoms with van der Waals surface area (Å²) >= 11 is 5.51. The average molecular weight is 473 g/mol. The Labute approximate surface area is 202 Å². The number of nitrogens with one attached hydrogen (secondary N) is 2. The topological polar surface area (TPSA) is 77.8 Å². The third kappa shape index (κ3) is 3.91. The SMILES string of the molecule is CN(C)CCN1C(=O)c2cccc3cc4cccc(NC(=S)NCc5ccco5)c4c(c23)C1=O. The molecule has 0 saturated carbocycles. The summed E-state index contributed by atoms with van der Waals surface area (Å²) in [6, 6.07) is 17.1. The number of rotatable bonds is 6. The molecule has 1 aliphatic rings. The molecule has 4 aromatic rings. The zero-order valence-electron chi connectivity index (χ0n) is 18.9. The van der Waals surface area contributed by atoms with Crippen molar-refractivity contribution >= 4 is 56.4 Å². The van der Waals surface area contributed by atoms with Gasteiger partial charge in [-0.1, -0.05) is 24.3 Å². The van der Waals surface area contributed by atoms with Crippen molar-refractivity contribution in [1.82, 2.24) is 15.1 Å². The van der Waals surface area contributed by atoms with Gasteiger partial charge in [-0.3, -0.25) is 14.5 Å². The van der Waals surface area contributed by atoms with Gasteiger partial charge < -0.3 is 20.0 Å². The summed E-state index contributed by atoms with van der Waals surface area (Å²) in [5, 5.41) is 9.98. The van der Waals surface area contributed by atoms with Crippen LogP contribution in [0.4, 0.5) is 5.69 Å². The molecule has 0 aliphatic carbocycles. The van der Waals surface area contributed by atoms with Crippen LogP contribution in [0.25, 0.3) is 21.5 Å². The van der Waals surface area contributed by atoms with Gasteiger partial charge in [0.2, 0.25) is 0 Å². The van der Waals surface area contributed by atoms with Crippen molar-refractivity contribution < 1.29 is 14.0 Å². The number of likely N-dealkylation sites (N-methyl/N-ethyl adjacent to an activating group) is 1. The molecule has 34 heavy (non-hydrogen) atoms. The number of fused-ring (bicyclic) bond motifs is 2. The lowest BCUT2D eigenvalue weighted by Gasteiger charge is -2.29. The zero-order valence-corrected chi connectivity index (χ0v) is 19.7. The Kier molecular flexibility index (Phi) is 5.77. The van der Waals surface area contributed by atoms with Gasteiger partial charge in [-0.05, 0) is 67.4 Å². The first kappa shape index (κ1) is 22.1. The fourth-order valence-electron chi connectivity index (χ4n) is 4.35. The van der Waals surface area contributed by atoms with E-state index in [1.165, 1.54) is 4.90 Å². The van der Waals surface area contributed by atoms with Crippen molar-refractivity contribution in [1.29, 1.82) is 0 Å². The molecular formula is C26H24N4O3S. The maximum Gasteiger partial charge on any atom is 0.262 e. The van der Waals surface area contributed by atoms with Crippen molar-refractivity contribution in [3.63, 3.8) is 0 Å². The smallest absolute Gasteiger partial charge is 0.262 e. The number of hydrogen-bond acceptors (Lipinski definition) is 5. The van der Waals surface area contributed by atoms with Crippen molar-refractivity contribution in [2.24, 2.45) is 0 Å². The summed E-state index contributed by atoms with van der Waals surface area (Å²) in [4.78, 5) is 30.3. The first-order valence-corrected chi connectivity index (χ1v) is 11.4. The molecule has 2 amide bonds. The van der Waals surface area contributed by atoms with E-state index in [0.717, 1.165) is 21.9 Å². The number of furan rings is 1. The molecule has 0 atom stereocenters. The Morgan fingerprint density at radius 2 is 1.76 bits per heavy atom. The molecule has 172 valence electrons. The predicted octanol–water partition coefficient (Wildman–Crippen LogP) is 4.23. The first-order chi connectivity index (χ1) is 16.4. The Morgan fingerprint density at radius 3 is 2.50 bits per heavy atom. The standard InChI is InChI=1S/C26H24N4O3S/c1-29(2)11-12-30-24(31)19-9-3-6-16-14-17-7-4-10-20(22(17)23(21(16)19)25(30)32)28-26(34)27-15-18-8-5-13-33-18/h3-10,13-14H,11-12,15H2,1-2H3,(H2,27,28,34). The average Bonchev–Trinajstić information content (AvgIpc) is 3.34. The van der Waals surface area contributed by atoms with Gasteiger partial charge in [-0.2, -0.15) is 0 Å². The second-order valence-electron chi connectivity index (χ2n) is 8.51. The summed E-state index contributed by atoms with van der Waals surface area (Å²) in [5.41, 5.74) is 1.77. The molecule has 2 heterocycles. The van der Waals surface area contributed by atoms with E-state index in [-0.39, 0.29) is 11.8 Å². The molecule has 8 heteroatoms. The predicted molar refractivity (Wildman–Crippen MR) is 137 cm³/mol. The van der Waals surface area contributed by atoms with Crippen molar-refractivity contribution in [3.8, 4) is 0 Å². The summed E-state index contributed by atoms with van der Waals surface area (Å²) in [6.07, 6.45) is 1.61. The Hall–Kier alpha value is -3.75. The lowest BCUT2D eigenvalue weighted by molar-refractivity contribution is 0.0602. The highest BCUT2D eigenvalue weighted by molar-refractivity contribution is 7.80. The highest BCUT2D eigenvalue weighted by Crippen LogP contribution is 2.38. The maximum atomic E-state index is 13.8. The quantitative estimate of drug-likeness (QED) is 0.247. The van der Waals surface area contributed by atoms with Gasteiger partial charge in [0.05, 0.1) is 18.4 Å². The monoisotopic (exact) mass is 472 g/mol. The fourth-order valence-corrected chi connectivity index (χ4v) is 4.53. The molecule has 7 nitrogen and oxygen atoms in total. The van der Waals surface area contributed by atoms with Crippen LogP contribution in [-0.4, -0.2) is 53.9 Å². The molecule has 5 rings (SSSR count). The fraction of sp³-hybridized carbons (Fsp3) is 0.192. The second kappa shape index (κ2) is 8.89. The van der Waals surface area contributed by atoms with E-state index in [1.807, 2.05) is 67.5 Å². The number of hydrogen-bond donors (Lipinski definition) is 2. The van der Waals surface area contributed by atoms with Crippen LogP contribution in [0.1, 0.15) is 26.5 Å². The van der Waals surface area contributed by atoms with Gasteiger partial charge in [-0.25, -0.2) is 0 Å². The summed E-state index contributed by atoms with van der Waals surface area (Å²) < 4.78 is 5.35. The zero-order chi connectivity index (χ0) is 23.8. The third-order valence-electron chi connectivity index (χ3n) is 5.96. The molecule has 0 unspecified atom stereocenters. The Morgan fingerprint density at radius 1 is 1.00 bits per heavy atom. The number of nitrogens with zero attached hydrogens (tertiary/aromatic N) is 2. The first-order valence-electron chi connectivity index (χ1n) is 11.0. The van der Waals surface area contributed by atoms with Crippen LogP contribution in [0.5, 0.6) is 0 Å². The normalized spacial score (nSPS) is 13.2. The Balaban J connectivity index is 1.60. The van der Waals surface area contributed by atoms with Crippen molar-refractivity contribution in [2.45, 2.75) is 6.54 Å². The highest BCUT2D eigenvalue weighted by Gasteiger charge is 2.34.